The van der Waals surface area contributed by atoms with Crippen LogP contribution in [0.1, 0.15) is 24.8 Å². The van der Waals surface area contributed by atoms with Gasteiger partial charge < -0.3 is 10.1 Å². The molecule has 1 aromatic heterocycles. The first-order valence-corrected chi connectivity index (χ1v) is 9.06. The van der Waals surface area contributed by atoms with E-state index in [1.54, 1.807) is 12.1 Å². The summed E-state index contributed by atoms with van der Waals surface area (Å²) in [6, 6.07) is 1.61. The summed E-state index contributed by atoms with van der Waals surface area (Å²) in [4.78, 5) is 3.86. The second-order valence-corrected chi connectivity index (χ2v) is 7.45. The molecule has 2 fully saturated rings. The molecule has 0 amide bonds. The summed E-state index contributed by atoms with van der Waals surface area (Å²) < 4.78 is 46.1. The smallest absolute Gasteiger partial charge is 0.374 e. The Kier molecular flexibility index (Phi) is 5.18. The Bertz CT molecular complexity index is 506. The van der Waals surface area contributed by atoms with Crippen molar-refractivity contribution in [1.29, 1.82) is 0 Å². The first-order valence-electron chi connectivity index (χ1n) is 7.90. The van der Waals surface area contributed by atoms with Gasteiger partial charge in [0.25, 0.3) is 0 Å². The average Bonchev–Trinajstić information content (AvgIpc) is 2.94. The molecule has 0 saturated carbocycles. The van der Waals surface area contributed by atoms with Crippen LogP contribution in [0.4, 0.5) is 13.2 Å². The van der Waals surface area contributed by atoms with Crippen LogP contribution in [0.25, 0.3) is 0 Å². The lowest BCUT2D eigenvalue weighted by Crippen LogP contribution is -2.54. The maximum absolute atomic E-state index is 13.4. The number of nitrogens with one attached hydrogen (secondary N) is 1. The molecule has 3 heterocycles. The number of alkyl halides is 3. The van der Waals surface area contributed by atoms with Crippen molar-refractivity contribution in [1.82, 2.24) is 10.3 Å². The van der Waals surface area contributed by atoms with Crippen molar-refractivity contribution < 1.29 is 17.9 Å². The summed E-state index contributed by atoms with van der Waals surface area (Å²) in [5, 5.41) is 2.86. The number of aromatic nitrogens is 1. The van der Waals surface area contributed by atoms with Crippen LogP contribution in [-0.4, -0.2) is 47.0 Å². The molecule has 128 valence electrons. The molecule has 1 spiro atoms. The maximum atomic E-state index is 13.4. The van der Waals surface area contributed by atoms with Crippen LogP contribution in [0, 0.1) is 0 Å². The molecule has 0 radical (unpaired) electrons. The fraction of sp³-hybridized carbons (Fsp3) is 0.688. The molecule has 1 N–H and O–H groups in total. The molecule has 1 aromatic rings. The largest absolute Gasteiger partial charge is 0.404 e. The lowest BCUT2D eigenvalue weighted by molar-refractivity contribution is -0.162. The zero-order chi connectivity index (χ0) is 16.3. The number of thioether (sulfide) groups is 1. The number of hydrogen-bond acceptors (Lipinski definition) is 4. The van der Waals surface area contributed by atoms with Crippen molar-refractivity contribution in [2.45, 2.75) is 49.5 Å². The first-order chi connectivity index (χ1) is 11.0. The van der Waals surface area contributed by atoms with Crippen LogP contribution in [0.5, 0.6) is 0 Å². The third kappa shape index (κ3) is 4.39. The first kappa shape index (κ1) is 17.0. The lowest BCUT2D eigenvalue weighted by Gasteiger charge is -2.39. The highest BCUT2D eigenvalue weighted by atomic mass is 32.2. The highest BCUT2D eigenvalue weighted by Crippen LogP contribution is 2.38. The molecule has 0 unspecified atom stereocenters. The van der Waals surface area contributed by atoms with E-state index in [2.05, 4.69) is 10.3 Å². The van der Waals surface area contributed by atoms with Crippen LogP contribution >= 0.6 is 11.8 Å². The normalized spacial score (nSPS) is 29.8. The van der Waals surface area contributed by atoms with Gasteiger partial charge in [-0.05, 0) is 49.1 Å². The second-order valence-electron chi connectivity index (χ2n) is 6.34. The standard InChI is InChI=1S/C16H21F3N2OS/c17-16(18,19)14(9-12-1-5-20-6-2-12)21-13-3-7-22-15(10-13)4-8-23-11-15/h1-2,5-6,13-14,21H,3-4,7-11H2/t13-,14-,15-/m0/s1. The van der Waals surface area contributed by atoms with Crippen molar-refractivity contribution in [3.05, 3.63) is 30.1 Å². The zero-order valence-corrected chi connectivity index (χ0v) is 13.6. The third-order valence-electron chi connectivity index (χ3n) is 4.58. The van der Waals surface area contributed by atoms with E-state index >= 15 is 0 Å². The predicted octanol–water partition coefficient (Wildman–Crippen LogP) is 3.20. The average molecular weight is 346 g/mol. The molecule has 2 aliphatic heterocycles. The molecule has 2 saturated heterocycles. The summed E-state index contributed by atoms with van der Waals surface area (Å²) in [7, 11) is 0. The maximum Gasteiger partial charge on any atom is 0.404 e. The molecule has 3 atom stereocenters. The molecule has 0 bridgehead atoms. The molecule has 0 aromatic carbocycles. The number of halogens is 3. The van der Waals surface area contributed by atoms with Gasteiger partial charge in [-0.15, -0.1) is 0 Å². The Morgan fingerprint density at radius 1 is 1.39 bits per heavy atom. The number of pyridine rings is 1. The summed E-state index contributed by atoms with van der Waals surface area (Å²) in [6.45, 7) is 0.540. The van der Waals surface area contributed by atoms with Crippen LogP contribution in [-0.2, 0) is 11.2 Å². The quantitative estimate of drug-likeness (QED) is 0.908. The molecular weight excluding hydrogens is 325 g/mol. The van der Waals surface area contributed by atoms with Gasteiger partial charge in [0.15, 0.2) is 0 Å². The minimum atomic E-state index is -4.26. The van der Waals surface area contributed by atoms with E-state index in [0.29, 0.717) is 25.0 Å². The monoisotopic (exact) mass is 346 g/mol. The fourth-order valence-corrected chi connectivity index (χ4v) is 4.72. The predicted molar refractivity (Wildman–Crippen MR) is 84.6 cm³/mol. The topological polar surface area (TPSA) is 34.2 Å². The minimum Gasteiger partial charge on any atom is -0.374 e. The van der Waals surface area contributed by atoms with Crippen LogP contribution in [0.15, 0.2) is 24.5 Å². The molecule has 3 rings (SSSR count). The Labute approximate surface area is 138 Å². The van der Waals surface area contributed by atoms with Gasteiger partial charge in [-0.2, -0.15) is 24.9 Å². The van der Waals surface area contributed by atoms with Gasteiger partial charge >= 0.3 is 6.18 Å². The fourth-order valence-electron chi connectivity index (χ4n) is 3.34. The van der Waals surface area contributed by atoms with Crippen molar-refractivity contribution in [2.75, 3.05) is 18.1 Å². The van der Waals surface area contributed by atoms with Crippen molar-refractivity contribution >= 4 is 11.8 Å². The van der Waals surface area contributed by atoms with E-state index in [1.807, 2.05) is 11.8 Å². The Morgan fingerprint density at radius 2 is 2.17 bits per heavy atom. The molecule has 2 aliphatic rings. The van der Waals surface area contributed by atoms with E-state index in [9.17, 15) is 13.2 Å². The summed E-state index contributed by atoms with van der Waals surface area (Å²) >= 11 is 1.83. The van der Waals surface area contributed by atoms with E-state index in [-0.39, 0.29) is 18.1 Å². The van der Waals surface area contributed by atoms with Gasteiger partial charge in [0, 0.05) is 30.8 Å². The summed E-state index contributed by atoms with van der Waals surface area (Å²) in [5.74, 6) is 1.93. The Hall–Kier alpha value is -0.790. The lowest BCUT2D eigenvalue weighted by atomic mass is 9.89. The second kappa shape index (κ2) is 6.99. The number of rotatable bonds is 4. The van der Waals surface area contributed by atoms with Crippen LogP contribution in [0.3, 0.4) is 0 Å². The molecule has 23 heavy (non-hydrogen) atoms. The van der Waals surface area contributed by atoms with E-state index in [0.717, 1.165) is 17.9 Å². The molecule has 7 heteroatoms. The SMILES string of the molecule is FC(F)(F)[C@H](Cc1ccncc1)N[C@H]1CCO[C@@]2(CCSC2)C1. The van der Waals surface area contributed by atoms with E-state index in [4.69, 9.17) is 4.74 Å². The summed E-state index contributed by atoms with van der Waals surface area (Å²) in [5.41, 5.74) is 0.431. The van der Waals surface area contributed by atoms with Crippen LogP contribution in [0.2, 0.25) is 0 Å². The number of hydrogen-bond donors (Lipinski definition) is 1. The van der Waals surface area contributed by atoms with Gasteiger partial charge in [-0.1, -0.05) is 0 Å². The van der Waals surface area contributed by atoms with Gasteiger partial charge in [0.2, 0.25) is 0 Å². The Morgan fingerprint density at radius 3 is 2.83 bits per heavy atom. The highest BCUT2D eigenvalue weighted by molar-refractivity contribution is 7.99. The number of nitrogens with zero attached hydrogens (tertiary/aromatic N) is 1. The number of ether oxygens (including phenoxy) is 1. The van der Waals surface area contributed by atoms with E-state index in [1.165, 1.54) is 12.4 Å². The third-order valence-corrected chi connectivity index (χ3v) is 5.80. The van der Waals surface area contributed by atoms with Gasteiger partial charge in [0.05, 0.1) is 5.60 Å². The van der Waals surface area contributed by atoms with Crippen molar-refractivity contribution in [3.63, 3.8) is 0 Å². The molecular formula is C16H21F3N2OS. The van der Waals surface area contributed by atoms with Gasteiger partial charge in [0.1, 0.15) is 6.04 Å². The Balaban J connectivity index is 1.66. The molecule has 0 aliphatic carbocycles. The van der Waals surface area contributed by atoms with Gasteiger partial charge in [-0.3, -0.25) is 4.98 Å². The zero-order valence-electron chi connectivity index (χ0n) is 12.8. The highest BCUT2D eigenvalue weighted by Gasteiger charge is 2.45. The van der Waals surface area contributed by atoms with Crippen LogP contribution < -0.4 is 5.32 Å². The van der Waals surface area contributed by atoms with Crippen molar-refractivity contribution in [3.8, 4) is 0 Å². The van der Waals surface area contributed by atoms with E-state index < -0.39 is 12.2 Å². The van der Waals surface area contributed by atoms with Crippen molar-refractivity contribution in [2.24, 2.45) is 0 Å². The summed E-state index contributed by atoms with van der Waals surface area (Å²) in [6.07, 6.45) is 0.976. The molecule has 3 nitrogen and oxygen atoms in total. The van der Waals surface area contributed by atoms with Gasteiger partial charge in [-0.25, -0.2) is 0 Å². The minimum absolute atomic E-state index is 0.0644.